The molecule has 2 atom stereocenters. The van der Waals surface area contributed by atoms with Gasteiger partial charge in [-0.3, -0.25) is 4.79 Å². The maximum Gasteiger partial charge on any atom is 0.225 e. The Morgan fingerprint density at radius 1 is 1.48 bits per heavy atom. The van der Waals surface area contributed by atoms with E-state index in [9.17, 15) is 4.79 Å². The summed E-state index contributed by atoms with van der Waals surface area (Å²) in [6.07, 6.45) is 4.63. The highest BCUT2D eigenvalue weighted by Gasteiger charge is 2.30. The lowest BCUT2D eigenvalue weighted by atomic mass is 9.87. The molecule has 3 rings (SSSR count). The molecule has 1 aromatic heterocycles. The van der Waals surface area contributed by atoms with Crippen LogP contribution < -0.4 is 15.4 Å². The summed E-state index contributed by atoms with van der Waals surface area (Å²) in [5.41, 5.74) is 1.51. The summed E-state index contributed by atoms with van der Waals surface area (Å²) in [6, 6.07) is 5.76. The molecule has 25 heavy (non-hydrogen) atoms. The molecular weight excluding hydrogens is 318 g/mol. The molecule has 2 N–H and O–H groups in total. The topological polar surface area (TPSA) is 76.4 Å². The lowest BCUT2D eigenvalue weighted by Gasteiger charge is -2.22. The molecule has 134 valence electrons. The van der Waals surface area contributed by atoms with Crippen molar-refractivity contribution in [3.8, 4) is 17.1 Å². The van der Waals surface area contributed by atoms with Gasteiger partial charge in [0.15, 0.2) is 12.2 Å². The van der Waals surface area contributed by atoms with E-state index < -0.39 is 0 Å². The van der Waals surface area contributed by atoms with E-state index in [1.165, 1.54) is 6.39 Å². The SMILES string of the molecule is COc1cc(NC(=O)C[C@H]2NCC[C@H]2C(C)C)ccc1-c1cnco1. The summed E-state index contributed by atoms with van der Waals surface area (Å²) >= 11 is 0. The summed E-state index contributed by atoms with van der Waals surface area (Å²) in [7, 11) is 1.59. The fourth-order valence-corrected chi connectivity index (χ4v) is 3.54. The Hall–Kier alpha value is -2.34. The molecule has 1 aliphatic heterocycles. The van der Waals surface area contributed by atoms with Gasteiger partial charge in [-0.05, 0) is 36.9 Å². The van der Waals surface area contributed by atoms with Crippen molar-refractivity contribution in [2.75, 3.05) is 19.0 Å². The molecule has 2 aromatic rings. The molecule has 1 fully saturated rings. The molecule has 6 nitrogen and oxygen atoms in total. The Morgan fingerprint density at radius 3 is 3.00 bits per heavy atom. The smallest absolute Gasteiger partial charge is 0.225 e. The summed E-state index contributed by atoms with van der Waals surface area (Å²) in [4.78, 5) is 16.4. The van der Waals surface area contributed by atoms with Crippen molar-refractivity contribution >= 4 is 11.6 Å². The number of nitrogens with zero attached hydrogens (tertiary/aromatic N) is 1. The molecule has 0 radical (unpaired) electrons. The number of anilines is 1. The Labute approximate surface area is 148 Å². The lowest BCUT2D eigenvalue weighted by molar-refractivity contribution is -0.116. The summed E-state index contributed by atoms with van der Waals surface area (Å²) in [5, 5.41) is 6.42. The number of rotatable bonds is 6. The third kappa shape index (κ3) is 4.02. The second-order valence-electron chi connectivity index (χ2n) is 6.79. The van der Waals surface area contributed by atoms with Gasteiger partial charge in [0, 0.05) is 24.2 Å². The monoisotopic (exact) mass is 343 g/mol. The maximum atomic E-state index is 12.4. The van der Waals surface area contributed by atoms with Gasteiger partial charge in [0.1, 0.15) is 5.75 Å². The van der Waals surface area contributed by atoms with Gasteiger partial charge in [-0.2, -0.15) is 0 Å². The second-order valence-corrected chi connectivity index (χ2v) is 6.79. The highest BCUT2D eigenvalue weighted by molar-refractivity contribution is 5.92. The molecular formula is C19H25N3O3. The van der Waals surface area contributed by atoms with Crippen molar-refractivity contribution in [3.63, 3.8) is 0 Å². The zero-order valence-electron chi connectivity index (χ0n) is 14.9. The van der Waals surface area contributed by atoms with Crippen LogP contribution in [0.3, 0.4) is 0 Å². The molecule has 1 saturated heterocycles. The average Bonchev–Trinajstić information content (AvgIpc) is 3.26. The zero-order chi connectivity index (χ0) is 17.8. The second kappa shape index (κ2) is 7.70. The Kier molecular flexibility index (Phi) is 5.38. The highest BCUT2D eigenvalue weighted by Crippen LogP contribution is 2.32. The molecule has 6 heteroatoms. The fourth-order valence-electron chi connectivity index (χ4n) is 3.54. The number of ether oxygens (including phenoxy) is 1. The number of hydrogen-bond acceptors (Lipinski definition) is 5. The number of hydrogen-bond donors (Lipinski definition) is 2. The minimum atomic E-state index is 0.0134. The first kappa shape index (κ1) is 17.5. The van der Waals surface area contributed by atoms with E-state index in [1.54, 1.807) is 19.4 Å². The van der Waals surface area contributed by atoms with Crippen LogP contribution in [0, 0.1) is 11.8 Å². The van der Waals surface area contributed by atoms with Gasteiger partial charge >= 0.3 is 0 Å². The molecule has 0 unspecified atom stereocenters. The van der Waals surface area contributed by atoms with Crippen LogP contribution in [-0.2, 0) is 4.79 Å². The molecule has 0 bridgehead atoms. The van der Waals surface area contributed by atoms with E-state index in [4.69, 9.17) is 9.15 Å². The van der Waals surface area contributed by atoms with Crippen LogP contribution in [0.4, 0.5) is 5.69 Å². The standard InChI is InChI=1S/C19H25N3O3/c1-12(2)14-6-7-21-16(14)9-19(23)22-13-4-5-15(17(8-13)24-3)18-10-20-11-25-18/h4-5,8,10-12,14,16,21H,6-7,9H2,1-3H3,(H,22,23)/t14-,16+/m0/s1. The van der Waals surface area contributed by atoms with E-state index in [0.29, 0.717) is 35.5 Å². The van der Waals surface area contributed by atoms with Crippen LogP contribution in [0.25, 0.3) is 11.3 Å². The van der Waals surface area contributed by atoms with E-state index in [2.05, 4.69) is 29.5 Å². The van der Waals surface area contributed by atoms with Gasteiger partial charge in [0.25, 0.3) is 0 Å². The van der Waals surface area contributed by atoms with Crippen molar-refractivity contribution in [1.82, 2.24) is 10.3 Å². The molecule has 0 saturated carbocycles. The Balaban J connectivity index is 1.67. The van der Waals surface area contributed by atoms with Gasteiger partial charge in [0.2, 0.25) is 5.91 Å². The number of methoxy groups -OCH3 is 1. The third-order valence-corrected chi connectivity index (χ3v) is 4.85. The number of carbonyl (C=O) groups excluding carboxylic acids is 1. The summed E-state index contributed by atoms with van der Waals surface area (Å²) in [6.45, 7) is 5.42. The minimum absolute atomic E-state index is 0.0134. The number of aromatic nitrogens is 1. The van der Waals surface area contributed by atoms with Crippen LogP contribution in [0.2, 0.25) is 0 Å². The highest BCUT2D eigenvalue weighted by atomic mass is 16.5. The van der Waals surface area contributed by atoms with E-state index in [-0.39, 0.29) is 11.9 Å². The minimum Gasteiger partial charge on any atom is -0.496 e. The van der Waals surface area contributed by atoms with E-state index >= 15 is 0 Å². The van der Waals surface area contributed by atoms with Crippen LogP contribution in [0.1, 0.15) is 26.7 Å². The van der Waals surface area contributed by atoms with Crippen molar-refractivity contribution < 1.29 is 13.9 Å². The number of benzene rings is 1. The predicted molar refractivity (Wildman–Crippen MR) is 96.5 cm³/mol. The van der Waals surface area contributed by atoms with Crippen LogP contribution in [0.5, 0.6) is 5.75 Å². The number of nitrogens with one attached hydrogen (secondary N) is 2. The van der Waals surface area contributed by atoms with Crippen LogP contribution >= 0.6 is 0 Å². The molecule has 2 heterocycles. The third-order valence-electron chi connectivity index (χ3n) is 4.85. The number of carbonyl (C=O) groups is 1. The number of oxazole rings is 1. The quantitative estimate of drug-likeness (QED) is 0.841. The first-order valence-corrected chi connectivity index (χ1v) is 8.68. The molecule has 1 amide bonds. The van der Waals surface area contributed by atoms with Gasteiger partial charge in [0.05, 0.1) is 18.9 Å². The van der Waals surface area contributed by atoms with Crippen molar-refractivity contribution in [2.45, 2.75) is 32.7 Å². The largest absolute Gasteiger partial charge is 0.496 e. The number of amides is 1. The predicted octanol–water partition coefficient (Wildman–Crippen LogP) is 3.31. The first-order chi connectivity index (χ1) is 12.1. The normalized spacial score (nSPS) is 20.0. The Bertz CT molecular complexity index is 713. The zero-order valence-corrected chi connectivity index (χ0v) is 14.9. The van der Waals surface area contributed by atoms with E-state index in [1.807, 2.05) is 12.1 Å². The summed E-state index contributed by atoms with van der Waals surface area (Å²) < 4.78 is 10.7. The van der Waals surface area contributed by atoms with Crippen molar-refractivity contribution in [3.05, 3.63) is 30.8 Å². The van der Waals surface area contributed by atoms with Gasteiger partial charge < -0.3 is 19.8 Å². The van der Waals surface area contributed by atoms with Crippen LogP contribution in [-0.4, -0.2) is 30.6 Å². The van der Waals surface area contributed by atoms with Crippen molar-refractivity contribution in [1.29, 1.82) is 0 Å². The molecule has 0 aliphatic carbocycles. The fraction of sp³-hybridized carbons (Fsp3) is 0.474. The molecule has 1 aliphatic rings. The van der Waals surface area contributed by atoms with E-state index in [0.717, 1.165) is 18.5 Å². The lowest BCUT2D eigenvalue weighted by Crippen LogP contribution is -2.33. The average molecular weight is 343 g/mol. The summed E-state index contributed by atoms with van der Waals surface area (Å²) in [5.74, 6) is 2.40. The first-order valence-electron chi connectivity index (χ1n) is 8.68. The maximum absolute atomic E-state index is 12.4. The Morgan fingerprint density at radius 2 is 2.32 bits per heavy atom. The molecule has 1 aromatic carbocycles. The molecule has 0 spiro atoms. The van der Waals surface area contributed by atoms with Gasteiger partial charge in [-0.25, -0.2) is 4.98 Å². The van der Waals surface area contributed by atoms with Crippen molar-refractivity contribution in [2.24, 2.45) is 11.8 Å². The van der Waals surface area contributed by atoms with Crippen LogP contribution in [0.15, 0.2) is 35.2 Å². The van der Waals surface area contributed by atoms with Gasteiger partial charge in [-0.1, -0.05) is 13.8 Å². The van der Waals surface area contributed by atoms with Gasteiger partial charge in [-0.15, -0.1) is 0 Å².